The van der Waals surface area contributed by atoms with Gasteiger partial charge in [0.2, 0.25) is 5.56 Å². The van der Waals surface area contributed by atoms with Crippen LogP contribution in [0.4, 0.5) is 5.69 Å². The van der Waals surface area contributed by atoms with E-state index in [1.165, 1.54) is 35.3 Å². The predicted molar refractivity (Wildman–Crippen MR) is 97.0 cm³/mol. The molecule has 0 atom stereocenters. The fraction of sp³-hybridized carbons (Fsp3) is 0.389. The van der Waals surface area contributed by atoms with Crippen molar-refractivity contribution >= 4 is 20.4 Å². The number of benzene rings is 1. The van der Waals surface area contributed by atoms with Crippen LogP contribution >= 0.6 is 0 Å². The van der Waals surface area contributed by atoms with Crippen molar-refractivity contribution < 1.29 is 0 Å². The highest BCUT2D eigenvalue weighted by atomic mass is 28.2. The van der Waals surface area contributed by atoms with E-state index in [0.29, 0.717) is 0 Å². The summed E-state index contributed by atoms with van der Waals surface area (Å²) in [5, 5.41) is 5.09. The molecule has 3 rings (SSSR count). The van der Waals surface area contributed by atoms with Gasteiger partial charge in [0.15, 0.2) is 0 Å². The topological polar surface area (TPSA) is 34.0 Å². The van der Waals surface area contributed by atoms with Gasteiger partial charge in [-0.15, -0.1) is 0 Å². The van der Waals surface area contributed by atoms with Gasteiger partial charge < -0.3 is 9.88 Å². The van der Waals surface area contributed by atoms with Crippen molar-refractivity contribution in [1.82, 2.24) is 4.57 Å². The van der Waals surface area contributed by atoms with Crippen LogP contribution in [0.1, 0.15) is 19.8 Å². The van der Waals surface area contributed by atoms with Crippen molar-refractivity contribution in [3.05, 3.63) is 46.9 Å². The summed E-state index contributed by atoms with van der Waals surface area (Å²) in [6, 6.07) is 11.7. The van der Waals surface area contributed by atoms with Gasteiger partial charge in [0.05, 0.1) is 9.52 Å². The minimum absolute atomic E-state index is 0.0373. The fourth-order valence-corrected chi connectivity index (χ4v) is 3.97. The molecule has 0 unspecified atom stereocenters. The molecule has 0 saturated heterocycles. The first-order valence-corrected chi connectivity index (χ1v) is 9.92. The Kier molecular flexibility index (Phi) is 4.48. The second kappa shape index (κ2) is 6.52. The summed E-state index contributed by atoms with van der Waals surface area (Å²) in [6.07, 6.45) is 4.64. The van der Waals surface area contributed by atoms with Crippen LogP contribution in [0.25, 0.3) is 11.1 Å². The number of rotatable bonds is 6. The molecule has 0 amide bonds. The SMILES string of the molecule is CC[SiH2]c1ccc(NCC2CC2)c(-c2ccc(=O)n(C)c2)c1. The van der Waals surface area contributed by atoms with Crippen molar-refractivity contribution in [3.63, 3.8) is 0 Å². The number of nitrogens with zero attached hydrogens (tertiary/aromatic N) is 1. The van der Waals surface area contributed by atoms with E-state index in [4.69, 9.17) is 0 Å². The minimum Gasteiger partial charge on any atom is -0.384 e. The number of pyridine rings is 1. The second-order valence-electron chi connectivity index (χ2n) is 6.32. The quantitative estimate of drug-likeness (QED) is 0.829. The van der Waals surface area contributed by atoms with Crippen LogP contribution in [-0.4, -0.2) is 20.6 Å². The van der Waals surface area contributed by atoms with Crippen molar-refractivity contribution in [2.75, 3.05) is 11.9 Å². The van der Waals surface area contributed by atoms with Gasteiger partial charge in [-0.1, -0.05) is 30.3 Å². The Hall–Kier alpha value is -1.81. The third kappa shape index (κ3) is 3.50. The van der Waals surface area contributed by atoms with Crippen LogP contribution in [0.5, 0.6) is 0 Å². The van der Waals surface area contributed by atoms with Crippen LogP contribution < -0.4 is 16.1 Å². The van der Waals surface area contributed by atoms with Gasteiger partial charge in [0.1, 0.15) is 0 Å². The monoisotopic (exact) mass is 312 g/mol. The van der Waals surface area contributed by atoms with Crippen molar-refractivity contribution in [1.29, 1.82) is 0 Å². The highest BCUT2D eigenvalue weighted by molar-refractivity contribution is 6.53. The van der Waals surface area contributed by atoms with Crippen molar-refractivity contribution in [2.45, 2.75) is 25.8 Å². The molecule has 4 heteroatoms. The Balaban J connectivity index is 1.97. The highest BCUT2D eigenvalue weighted by Crippen LogP contribution is 2.31. The minimum atomic E-state index is -0.174. The molecule has 0 radical (unpaired) electrons. The number of hydrogen-bond acceptors (Lipinski definition) is 2. The van der Waals surface area contributed by atoms with E-state index >= 15 is 0 Å². The predicted octanol–water partition coefficient (Wildman–Crippen LogP) is 2.11. The van der Waals surface area contributed by atoms with E-state index in [-0.39, 0.29) is 15.1 Å². The fourth-order valence-electron chi connectivity index (χ4n) is 2.76. The average Bonchev–Trinajstić information content (AvgIpc) is 3.33. The molecule has 1 aromatic heterocycles. The largest absolute Gasteiger partial charge is 0.384 e. The number of hydrogen-bond donors (Lipinski definition) is 1. The Morgan fingerprint density at radius 3 is 2.77 bits per heavy atom. The maximum atomic E-state index is 11.6. The highest BCUT2D eigenvalue weighted by Gasteiger charge is 2.21. The van der Waals surface area contributed by atoms with Gasteiger partial charge in [-0.25, -0.2) is 0 Å². The third-order valence-corrected chi connectivity index (χ3v) is 5.81. The van der Waals surface area contributed by atoms with Crippen LogP contribution in [0, 0.1) is 5.92 Å². The summed E-state index contributed by atoms with van der Waals surface area (Å²) in [5.74, 6) is 0.845. The standard InChI is InChI=1S/C18H24N2OSi/c1-3-22-15-7-8-17(19-11-13-4-5-13)16(10-15)14-6-9-18(21)20(2)12-14/h6-10,12-13,19H,3-5,11,22H2,1-2H3. The van der Waals surface area contributed by atoms with E-state index in [1.54, 1.807) is 10.6 Å². The lowest BCUT2D eigenvalue weighted by molar-refractivity contribution is 0.862. The van der Waals surface area contributed by atoms with Crippen LogP contribution in [0.2, 0.25) is 6.04 Å². The first kappa shape index (κ1) is 15.1. The number of aromatic nitrogens is 1. The lowest BCUT2D eigenvalue weighted by Crippen LogP contribution is -2.16. The number of aryl methyl sites for hydroxylation is 1. The van der Waals surface area contributed by atoms with Gasteiger partial charge in [-0.3, -0.25) is 4.79 Å². The first-order valence-electron chi connectivity index (χ1n) is 8.21. The van der Waals surface area contributed by atoms with Crippen LogP contribution in [0.3, 0.4) is 0 Å². The molecule has 0 bridgehead atoms. The Labute approximate surface area is 134 Å². The molecule has 0 spiro atoms. The zero-order valence-corrected chi connectivity index (χ0v) is 14.8. The maximum absolute atomic E-state index is 11.6. The molecule has 1 aliphatic carbocycles. The van der Waals surface area contributed by atoms with Gasteiger partial charge in [0, 0.05) is 42.7 Å². The summed E-state index contributed by atoms with van der Waals surface area (Å²) >= 11 is 0. The molecule has 1 saturated carbocycles. The average molecular weight is 312 g/mol. The lowest BCUT2D eigenvalue weighted by Gasteiger charge is -2.14. The summed E-state index contributed by atoms with van der Waals surface area (Å²) in [6.45, 7) is 3.32. The van der Waals surface area contributed by atoms with Crippen molar-refractivity contribution in [3.8, 4) is 11.1 Å². The molecule has 1 heterocycles. The second-order valence-corrected chi connectivity index (χ2v) is 8.64. The Bertz CT molecular complexity index is 719. The molecule has 0 aliphatic heterocycles. The van der Waals surface area contributed by atoms with Gasteiger partial charge in [0.25, 0.3) is 0 Å². The molecule has 2 aromatic rings. The van der Waals surface area contributed by atoms with Gasteiger partial charge >= 0.3 is 0 Å². The van der Waals surface area contributed by atoms with Crippen molar-refractivity contribution in [2.24, 2.45) is 13.0 Å². The third-order valence-electron chi connectivity index (χ3n) is 4.30. The zero-order chi connectivity index (χ0) is 15.5. The molecule has 22 heavy (non-hydrogen) atoms. The van der Waals surface area contributed by atoms with E-state index in [0.717, 1.165) is 18.0 Å². The van der Waals surface area contributed by atoms with Gasteiger partial charge in [-0.2, -0.15) is 0 Å². The van der Waals surface area contributed by atoms with E-state index in [1.807, 2.05) is 19.3 Å². The Morgan fingerprint density at radius 1 is 1.27 bits per heavy atom. The zero-order valence-electron chi connectivity index (χ0n) is 13.4. The summed E-state index contributed by atoms with van der Waals surface area (Å²) in [5.41, 5.74) is 3.58. The smallest absolute Gasteiger partial charge is 0.250 e. The summed E-state index contributed by atoms with van der Waals surface area (Å²) < 4.78 is 1.66. The molecular weight excluding hydrogens is 288 g/mol. The lowest BCUT2D eigenvalue weighted by atomic mass is 10.1. The van der Waals surface area contributed by atoms with E-state index < -0.39 is 0 Å². The molecule has 1 fully saturated rings. The molecule has 1 N–H and O–H groups in total. The summed E-state index contributed by atoms with van der Waals surface area (Å²) in [7, 11) is 1.64. The molecule has 3 nitrogen and oxygen atoms in total. The summed E-state index contributed by atoms with van der Waals surface area (Å²) in [4.78, 5) is 11.6. The van der Waals surface area contributed by atoms with Gasteiger partial charge in [-0.05, 0) is 30.9 Å². The normalized spacial score (nSPS) is 14.6. The first-order chi connectivity index (χ1) is 10.7. The molecular formula is C18H24N2OSi. The maximum Gasteiger partial charge on any atom is 0.250 e. The van der Waals surface area contributed by atoms with Crippen LogP contribution in [-0.2, 0) is 7.05 Å². The van der Waals surface area contributed by atoms with E-state index in [9.17, 15) is 4.79 Å². The molecule has 1 aromatic carbocycles. The molecule has 116 valence electrons. The van der Waals surface area contributed by atoms with Crippen LogP contribution in [0.15, 0.2) is 41.3 Å². The van der Waals surface area contributed by atoms with E-state index in [2.05, 4.69) is 30.4 Å². The number of anilines is 1. The Morgan fingerprint density at radius 2 is 2.09 bits per heavy atom. The number of nitrogens with one attached hydrogen (secondary N) is 1. The molecule has 1 aliphatic rings.